The molecule has 0 radical (unpaired) electrons. The van der Waals surface area contributed by atoms with Gasteiger partial charge in [-0.3, -0.25) is 4.79 Å². The molecular weight excluding hydrogens is 378 g/mol. The van der Waals surface area contributed by atoms with Gasteiger partial charge in [-0.2, -0.15) is 0 Å². The summed E-state index contributed by atoms with van der Waals surface area (Å²) in [7, 11) is 0. The van der Waals surface area contributed by atoms with E-state index in [4.69, 9.17) is 4.74 Å². The highest BCUT2D eigenvalue weighted by molar-refractivity contribution is 6.08. The van der Waals surface area contributed by atoms with Gasteiger partial charge in [-0.05, 0) is 67.4 Å². The number of benzene rings is 3. The lowest BCUT2D eigenvalue weighted by atomic mass is 10.1. The monoisotopic (exact) mass is 401 g/mol. The zero-order valence-electron chi connectivity index (χ0n) is 16.7. The number of nitrogens with zero attached hydrogens (tertiary/aromatic N) is 1. The Hall–Kier alpha value is -3.80. The Kier molecular flexibility index (Phi) is 5.66. The van der Waals surface area contributed by atoms with Gasteiger partial charge < -0.3 is 20.3 Å². The average Bonchev–Trinajstić information content (AvgIpc) is 3.18. The maximum Gasteiger partial charge on any atom is 0.323 e. The summed E-state index contributed by atoms with van der Waals surface area (Å²) in [6.45, 7) is 3.14. The molecule has 6 nitrogen and oxygen atoms in total. The van der Waals surface area contributed by atoms with Gasteiger partial charge in [-0.15, -0.1) is 0 Å². The first-order chi connectivity index (χ1) is 14.6. The molecule has 0 aromatic heterocycles. The van der Waals surface area contributed by atoms with Crippen LogP contribution >= 0.6 is 0 Å². The Morgan fingerprint density at radius 2 is 1.63 bits per heavy atom. The van der Waals surface area contributed by atoms with Crippen LogP contribution in [-0.2, 0) is 6.42 Å². The first kappa shape index (κ1) is 19.5. The summed E-state index contributed by atoms with van der Waals surface area (Å²) in [6, 6.07) is 21.7. The van der Waals surface area contributed by atoms with Crippen molar-refractivity contribution in [2.24, 2.45) is 0 Å². The van der Waals surface area contributed by atoms with Gasteiger partial charge in [0.15, 0.2) is 0 Å². The summed E-state index contributed by atoms with van der Waals surface area (Å²) < 4.78 is 5.40. The molecule has 0 unspecified atom stereocenters. The second kappa shape index (κ2) is 8.69. The van der Waals surface area contributed by atoms with Crippen molar-refractivity contribution in [3.63, 3.8) is 0 Å². The molecule has 0 atom stereocenters. The number of hydrogen-bond acceptors (Lipinski definition) is 3. The maximum absolute atomic E-state index is 12.9. The molecule has 0 bridgehead atoms. The first-order valence-corrected chi connectivity index (χ1v) is 9.95. The number of carbonyl (C=O) groups excluding carboxylic acids is 2. The number of rotatable bonds is 5. The molecule has 3 aromatic carbocycles. The minimum absolute atomic E-state index is 0.0367. The molecule has 0 fully saturated rings. The Labute approximate surface area is 175 Å². The van der Waals surface area contributed by atoms with Gasteiger partial charge in [0.05, 0.1) is 6.61 Å². The van der Waals surface area contributed by atoms with E-state index in [-0.39, 0.29) is 11.9 Å². The van der Waals surface area contributed by atoms with E-state index in [0.717, 1.165) is 23.4 Å². The summed E-state index contributed by atoms with van der Waals surface area (Å²) >= 11 is 0. The van der Waals surface area contributed by atoms with Crippen LogP contribution in [0.3, 0.4) is 0 Å². The van der Waals surface area contributed by atoms with Crippen LogP contribution in [0.4, 0.5) is 21.9 Å². The van der Waals surface area contributed by atoms with Crippen LogP contribution in [0.15, 0.2) is 72.8 Å². The molecule has 30 heavy (non-hydrogen) atoms. The zero-order valence-corrected chi connectivity index (χ0v) is 16.7. The molecular formula is C24H23N3O3. The molecule has 0 spiro atoms. The van der Waals surface area contributed by atoms with Crippen LogP contribution in [-0.4, -0.2) is 25.1 Å². The van der Waals surface area contributed by atoms with Crippen molar-refractivity contribution in [3.05, 3.63) is 83.9 Å². The highest BCUT2D eigenvalue weighted by atomic mass is 16.5. The number of amides is 3. The SMILES string of the molecule is CCOc1ccc(NC(=O)Nc2ccc3c(c2)N(C(=O)c2ccccc2)CC3)cc1. The first-order valence-electron chi connectivity index (χ1n) is 9.95. The Morgan fingerprint density at radius 1 is 0.933 bits per heavy atom. The van der Waals surface area contributed by atoms with E-state index >= 15 is 0 Å². The Bertz CT molecular complexity index is 1050. The van der Waals surface area contributed by atoms with Crippen molar-refractivity contribution < 1.29 is 14.3 Å². The largest absolute Gasteiger partial charge is 0.494 e. The molecule has 1 aliphatic rings. The van der Waals surface area contributed by atoms with E-state index in [2.05, 4.69) is 10.6 Å². The van der Waals surface area contributed by atoms with E-state index in [9.17, 15) is 9.59 Å². The van der Waals surface area contributed by atoms with Gasteiger partial charge in [0.1, 0.15) is 5.75 Å². The fourth-order valence-corrected chi connectivity index (χ4v) is 3.50. The van der Waals surface area contributed by atoms with Crippen molar-refractivity contribution in [3.8, 4) is 5.75 Å². The Balaban J connectivity index is 1.45. The predicted octanol–water partition coefficient (Wildman–Crippen LogP) is 4.93. The molecule has 4 rings (SSSR count). The number of urea groups is 1. The predicted molar refractivity (Wildman–Crippen MR) is 119 cm³/mol. The zero-order chi connectivity index (χ0) is 20.9. The number of ether oxygens (including phenoxy) is 1. The standard InChI is InChI=1S/C24H23N3O3/c1-2-30-21-12-10-19(11-13-21)25-24(29)26-20-9-8-17-14-15-27(22(17)16-20)23(28)18-6-4-3-5-7-18/h3-13,16H,2,14-15H2,1H3,(H2,25,26,29). The fourth-order valence-electron chi connectivity index (χ4n) is 3.50. The molecule has 3 aromatic rings. The van der Waals surface area contributed by atoms with Crippen LogP contribution in [0.1, 0.15) is 22.8 Å². The quantitative estimate of drug-likeness (QED) is 0.637. The summed E-state index contributed by atoms with van der Waals surface area (Å²) in [4.78, 5) is 27.0. The molecule has 2 N–H and O–H groups in total. The fraction of sp³-hybridized carbons (Fsp3) is 0.167. The summed E-state index contributed by atoms with van der Waals surface area (Å²) in [5.74, 6) is 0.718. The minimum atomic E-state index is -0.349. The van der Waals surface area contributed by atoms with Crippen LogP contribution in [0.5, 0.6) is 5.75 Å². The Morgan fingerprint density at radius 3 is 2.37 bits per heavy atom. The third-order valence-corrected chi connectivity index (χ3v) is 4.93. The molecule has 1 heterocycles. The second-order valence-corrected chi connectivity index (χ2v) is 6.95. The molecule has 0 saturated heterocycles. The lowest BCUT2D eigenvalue weighted by Gasteiger charge is -2.18. The van der Waals surface area contributed by atoms with Gasteiger partial charge in [-0.25, -0.2) is 4.79 Å². The van der Waals surface area contributed by atoms with E-state index in [1.54, 1.807) is 17.0 Å². The number of nitrogens with one attached hydrogen (secondary N) is 2. The molecule has 0 saturated carbocycles. The van der Waals surface area contributed by atoms with Crippen LogP contribution in [0.2, 0.25) is 0 Å². The van der Waals surface area contributed by atoms with Crippen LogP contribution in [0, 0.1) is 0 Å². The summed E-state index contributed by atoms with van der Waals surface area (Å²) in [5, 5.41) is 5.64. The third-order valence-electron chi connectivity index (χ3n) is 4.93. The van der Waals surface area contributed by atoms with Gasteiger partial charge in [0.25, 0.3) is 5.91 Å². The van der Waals surface area contributed by atoms with Crippen molar-refractivity contribution in [2.75, 3.05) is 28.7 Å². The summed E-state index contributed by atoms with van der Waals surface area (Å²) in [6.07, 6.45) is 0.798. The number of fused-ring (bicyclic) bond motifs is 1. The van der Waals surface area contributed by atoms with E-state index in [1.807, 2.05) is 67.6 Å². The highest BCUT2D eigenvalue weighted by Gasteiger charge is 2.25. The molecule has 1 aliphatic heterocycles. The highest BCUT2D eigenvalue weighted by Crippen LogP contribution is 2.32. The van der Waals surface area contributed by atoms with Crippen molar-refractivity contribution in [2.45, 2.75) is 13.3 Å². The molecule has 0 aliphatic carbocycles. The molecule has 6 heteroatoms. The lowest BCUT2D eigenvalue weighted by molar-refractivity contribution is 0.0989. The molecule has 3 amide bonds. The van der Waals surface area contributed by atoms with Crippen molar-refractivity contribution in [1.29, 1.82) is 0 Å². The maximum atomic E-state index is 12.9. The van der Waals surface area contributed by atoms with E-state index in [0.29, 0.717) is 30.1 Å². The lowest BCUT2D eigenvalue weighted by Crippen LogP contribution is -2.29. The smallest absolute Gasteiger partial charge is 0.323 e. The van der Waals surface area contributed by atoms with Crippen LogP contribution in [0.25, 0.3) is 0 Å². The van der Waals surface area contributed by atoms with Gasteiger partial charge in [-0.1, -0.05) is 24.3 Å². The third kappa shape index (κ3) is 4.27. The van der Waals surface area contributed by atoms with Gasteiger partial charge in [0.2, 0.25) is 0 Å². The topological polar surface area (TPSA) is 70.7 Å². The number of hydrogen-bond donors (Lipinski definition) is 2. The molecule has 152 valence electrons. The van der Waals surface area contributed by atoms with Crippen molar-refractivity contribution in [1.82, 2.24) is 0 Å². The normalized spacial score (nSPS) is 12.2. The second-order valence-electron chi connectivity index (χ2n) is 6.95. The van der Waals surface area contributed by atoms with Crippen LogP contribution < -0.4 is 20.3 Å². The van der Waals surface area contributed by atoms with E-state index in [1.165, 1.54) is 0 Å². The summed E-state index contributed by atoms with van der Waals surface area (Å²) in [5.41, 5.74) is 3.87. The van der Waals surface area contributed by atoms with Gasteiger partial charge >= 0.3 is 6.03 Å². The number of carbonyl (C=O) groups is 2. The van der Waals surface area contributed by atoms with E-state index < -0.39 is 0 Å². The average molecular weight is 401 g/mol. The number of anilines is 3. The minimum Gasteiger partial charge on any atom is -0.494 e. The van der Waals surface area contributed by atoms with Crippen molar-refractivity contribution >= 4 is 29.0 Å². The van der Waals surface area contributed by atoms with Gasteiger partial charge in [0, 0.05) is 29.2 Å².